The Morgan fingerprint density at radius 2 is 1.80 bits per heavy atom. The van der Waals surface area contributed by atoms with E-state index in [1.807, 2.05) is 55.1 Å². The van der Waals surface area contributed by atoms with Crippen LogP contribution in [0.1, 0.15) is 27.6 Å². The molecule has 3 aromatic rings. The monoisotopic (exact) mass is 423 g/mol. The smallest absolute Gasteiger partial charge is 0.291 e. The molecule has 30 heavy (non-hydrogen) atoms. The molecule has 1 aliphatic heterocycles. The van der Waals surface area contributed by atoms with E-state index in [4.69, 9.17) is 11.6 Å². The number of halogens is 1. The van der Waals surface area contributed by atoms with Gasteiger partial charge in [-0.2, -0.15) is 0 Å². The van der Waals surface area contributed by atoms with Gasteiger partial charge in [-0.1, -0.05) is 35.9 Å². The van der Waals surface area contributed by atoms with Gasteiger partial charge in [0.15, 0.2) is 5.82 Å². The summed E-state index contributed by atoms with van der Waals surface area (Å²) in [4.78, 5) is 19.8. The van der Waals surface area contributed by atoms with Crippen molar-refractivity contribution in [3.8, 4) is 11.1 Å². The van der Waals surface area contributed by atoms with Gasteiger partial charge in [-0.3, -0.25) is 4.79 Å². The molecule has 0 saturated carbocycles. The molecule has 2 aromatic carbocycles. The van der Waals surface area contributed by atoms with Crippen molar-refractivity contribution in [1.29, 1.82) is 0 Å². The normalized spacial score (nSPS) is 13.8. The van der Waals surface area contributed by atoms with Gasteiger partial charge in [0.2, 0.25) is 0 Å². The first-order valence-corrected chi connectivity index (χ1v) is 10.4. The molecule has 0 unspecified atom stereocenters. The fraction of sp³-hybridized carbons (Fsp3) is 0.304. The third kappa shape index (κ3) is 3.57. The number of hydrogen-bond donors (Lipinski definition) is 2. The van der Waals surface area contributed by atoms with Crippen LogP contribution in [0.25, 0.3) is 11.1 Å². The van der Waals surface area contributed by atoms with Crippen molar-refractivity contribution in [2.24, 2.45) is 7.05 Å². The summed E-state index contributed by atoms with van der Waals surface area (Å²) in [6.45, 7) is 3.78. The van der Waals surface area contributed by atoms with Crippen LogP contribution in [0.3, 0.4) is 0 Å². The van der Waals surface area contributed by atoms with Gasteiger partial charge in [0.25, 0.3) is 5.91 Å². The van der Waals surface area contributed by atoms with Crippen LogP contribution in [0.4, 0.5) is 11.4 Å². The highest BCUT2D eigenvalue weighted by Gasteiger charge is 2.24. The summed E-state index contributed by atoms with van der Waals surface area (Å²) in [5.41, 5.74) is 6.72. The van der Waals surface area contributed by atoms with Crippen LogP contribution >= 0.6 is 11.6 Å². The number of amides is 1. The van der Waals surface area contributed by atoms with Crippen molar-refractivity contribution in [1.82, 2.24) is 14.5 Å². The molecule has 6 nitrogen and oxygen atoms in total. The zero-order chi connectivity index (χ0) is 21.4. The summed E-state index contributed by atoms with van der Waals surface area (Å²) in [5, 5.41) is 6.68. The van der Waals surface area contributed by atoms with Gasteiger partial charge in [0.1, 0.15) is 0 Å². The summed E-state index contributed by atoms with van der Waals surface area (Å²) >= 11 is 6.73. The minimum Gasteiger partial charge on any atom is -0.388 e. The Morgan fingerprint density at radius 3 is 2.53 bits per heavy atom. The number of carbonyl (C=O) groups is 1. The molecular formula is C23H26ClN5O. The average molecular weight is 424 g/mol. The zero-order valence-electron chi connectivity index (χ0n) is 17.7. The topological polar surface area (TPSA) is 62.2 Å². The number of carbonyl (C=O) groups excluding carboxylic acids is 1. The zero-order valence-corrected chi connectivity index (χ0v) is 18.5. The molecule has 0 spiro atoms. The maximum atomic E-state index is 13.0. The van der Waals surface area contributed by atoms with Crippen LogP contribution in [-0.4, -0.2) is 41.0 Å². The van der Waals surface area contributed by atoms with Gasteiger partial charge in [-0.25, -0.2) is 4.98 Å². The Balaban J connectivity index is 1.66. The fourth-order valence-corrected chi connectivity index (χ4v) is 4.35. The lowest BCUT2D eigenvalue weighted by Gasteiger charge is -2.21. The third-order valence-corrected chi connectivity index (χ3v) is 6.20. The molecule has 0 saturated heterocycles. The summed E-state index contributed by atoms with van der Waals surface area (Å²) in [6, 6.07) is 11.7. The number of likely N-dealkylation sites (N-methyl/N-ethyl adjacent to an activating group) is 1. The number of anilines is 2. The fourth-order valence-electron chi connectivity index (χ4n) is 4.07. The quantitative estimate of drug-likeness (QED) is 0.655. The van der Waals surface area contributed by atoms with Crippen LogP contribution in [0.15, 0.2) is 36.4 Å². The molecule has 4 rings (SSSR count). The molecule has 1 aliphatic rings. The molecule has 2 N–H and O–H groups in total. The number of hydrogen-bond acceptors (Lipinski definition) is 4. The largest absolute Gasteiger partial charge is 0.388 e. The van der Waals surface area contributed by atoms with Crippen molar-refractivity contribution in [2.75, 3.05) is 31.3 Å². The predicted molar refractivity (Wildman–Crippen MR) is 122 cm³/mol. The molecule has 0 radical (unpaired) electrons. The van der Waals surface area contributed by atoms with E-state index in [2.05, 4.69) is 34.5 Å². The predicted octanol–water partition coefficient (Wildman–Crippen LogP) is 4.33. The van der Waals surface area contributed by atoms with Crippen LogP contribution < -0.4 is 10.6 Å². The number of imidazole rings is 1. The van der Waals surface area contributed by atoms with Crippen molar-refractivity contribution < 1.29 is 4.79 Å². The van der Waals surface area contributed by atoms with E-state index in [9.17, 15) is 4.79 Å². The Hall–Kier alpha value is -2.83. The lowest BCUT2D eigenvalue weighted by atomic mass is 9.98. The first-order chi connectivity index (χ1) is 14.4. The summed E-state index contributed by atoms with van der Waals surface area (Å²) < 4.78 is 1.90. The first kappa shape index (κ1) is 20.4. The molecule has 0 atom stereocenters. The Morgan fingerprint density at radius 1 is 1.10 bits per heavy atom. The molecule has 7 heteroatoms. The van der Waals surface area contributed by atoms with Crippen LogP contribution in [-0.2, 0) is 20.0 Å². The molecule has 156 valence electrons. The Bertz CT molecular complexity index is 1120. The first-order valence-electron chi connectivity index (χ1n) is 10.0. The molecule has 2 heterocycles. The number of rotatable bonds is 4. The summed E-state index contributed by atoms with van der Waals surface area (Å²) in [6.07, 6.45) is 0.889. The molecule has 0 fully saturated rings. The highest BCUT2D eigenvalue weighted by molar-refractivity contribution is 6.36. The number of aromatic nitrogens is 2. The van der Waals surface area contributed by atoms with Gasteiger partial charge < -0.3 is 20.1 Å². The second-order valence-corrected chi connectivity index (χ2v) is 8.10. The Kier molecular flexibility index (Phi) is 5.54. The second kappa shape index (κ2) is 8.13. The van der Waals surface area contributed by atoms with E-state index in [1.165, 1.54) is 0 Å². The van der Waals surface area contributed by atoms with Crippen molar-refractivity contribution in [2.45, 2.75) is 19.9 Å². The molecule has 0 bridgehead atoms. The van der Waals surface area contributed by atoms with E-state index in [0.29, 0.717) is 16.5 Å². The average Bonchev–Trinajstić information content (AvgIpc) is 3.06. The number of nitrogens with zero attached hydrogens (tertiary/aromatic N) is 3. The van der Waals surface area contributed by atoms with Gasteiger partial charge in [0.05, 0.1) is 16.4 Å². The highest BCUT2D eigenvalue weighted by Crippen LogP contribution is 2.37. The minimum atomic E-state index is -0.255. The van der Waals surface area contributed by atoms with E-state index in [0.717, 1.165) is 53.3 Å². The lowest BCUT2D eigenvalue weighted by molar-refractivity contribution is 0.101. The standard InChI is InChI=1S/C23H26ClN5O/c1-14-15(7-5-9-17(14)25-2)16-8-6-10-18(21(16)24)27-23(30)22-26-19-13-28(3)12-11-20(19)29(22)4/h5-10,25H,11-13H2,1-4H3,(H,27,30). The highest BCUT2D eigenvalue weighted by atomic mass is 35.5. The van der Waals surface area contributed by atoms with Crippen LogP contribution in [0, 0.1) is 6.92 Å². The number of benzene rings is 2. The van der Waals surface area contributed by atoms with Crippen LogP contribution in [0.5, 0.6) is 0 Å². The van der Waals surface area contributed by atoms with Gasteiger partial charge >= 0.3 is 0 Å². The van der Waals surface area contributed by atoms with E-state index in [1.54, 1.807) is 0 Å². The van der Waals surface area contributed by atoms with E-state index >= 15 is 0 Å². The number of fused-ring (bicyclic) bond motifs is 1. The second-order valence-electron chi connectivity index (χ2n) is 7.72. The maximum absolute atomic E-state index is 13.0. The van der Waals surface area contributed by atoms with Crippen molar-refractivity contribution >= 4 is 28.9 Å². The lowest BCUT2D eigenvalue weighted by Crippen LogP contribution is -2.27. The molecule has 1 amide bonds. The van der Waals surface area contributed by atoms with E-state index in [-0.39, 0.29) is 5.91 Å². The van der Waals surface area contributed by atoms with Crippen LogP contribution in [0.2, 0.25) is 5.02 Å². The van der Waals surface area contributed by atoms with E-state index < -0.39 is 0 Å². The summed E-state index contributed by atoms with van der Waals surface area (Å²) in [7, 11) is 5.86. The molecule has 1 aromatic heterocycles. The molecular weight excluding hydrogens is 398 g/mol. The maximum Gasteiger partial charge on any atom is 0.291 e. The SMILES string of the molecule is CNc1cccc(-c2cccc(NC(=O)c3nc4c(n3C)CCN(C)C4)c2Cl)c1C. The van der Waals surface area contributed by atoms with Gasteiger partial charge in [0, 0.05) is 50.6 Å². The molecule has 0 aliphatic carbocycles. The minimum absolute atomic E-state index is 0.255. The summed E-state index contributed by atoms with van der Waals surface area (Å²) in [5.74, 6) is 0.152. The Labute approximate surface area is 181 Å². The van der Waals surface area contributed by atoms with Gasteiger partial charge in [-0.15, -0.1) is 0 Å². The van der Waals surface area contributed by atoms with Crippen molar-refractivity contribution in [3.05, 3.63) is 64.2 Å². The number of nitrogens with one attached hydrogen (secondary N) is 2. The van der Waals surface area contributed by atoms with Crippen molar-refractivity contribution in [3.63, 3.8) is 0 Å². The third-order valence-electron chi connectivity index (χ3n) is 5.79. The van der Waals surface area contributed by atoms with Gasteiger partial charge in [-0.05, 0) is 37.2 Å².